The van der Waals surface area contributed by atoms with Crippen LogP contribution in [-0.2, 0) is 0 Å². The summed E-state index contributed by atoms with van der Waals surface area (Å²) < 4.78 is 5.94. The van der Waals surface area contributed by atoms with Gasteiger partial charge in [0.05, 0.1) is 0 Å². The van der Waals surface area contributed by atoms with Crippen LogP contribution in [0.5, 0.6) is 0 Å². The van der Waals surface area contributed by atoms with Crippen LogP contribution >= 0.6 is 15.9 Å². The summed E-state index contributed by atoms with van der Waals surface area (Å²) in [6.07, 6.45) is 3.76. The Kier molecular flexibility index (Phi) is 5.10. The van der Waals surface area contributed by atoms with E-state index in [0.717, 1.165) is 37.8 Å². The molecule has 0 atom stereocenters. The molecule has 0 N–H and O–H groups in total. The maximum Gasteiger partial charge on any atom is 0.289 e. The second-order valence-electron chi connectivity index (χ2n) is 6.68. The standard InChI is InChI=1S/C18H22BrN5O2/c19-15-5-4-14(26-15)18(25)24-12-10-23(11-13-24)17-7-6-16(20-21-17)22-8-2-1-3-9-22/h4-7H,1-3,8-13H2. The average Bonchev–Trinajstić information content (AvgIpc) is 3.15. The van der Waals surface area contributed by atoms with E-state index in [1.54, 1.807) is 12.1 Å². The Labute approximate surface area is 161 Å². The first kappa shape index (κ1) is 17.3. The number of rotatable bonds is 3. The Morgan fingerprint density at radius 2 is 1.46 bits per heavy atom. The van der Waals surface area contributed by atoms with Crippen molar-refractivity contribution in [3.05, 3.63) is 34.7 Å². The van der Waals surface area contributed by atoms with Crippen molar-refractivity contribution in [1.29, 1.82) is 0 Å². The van der Waals surface area contributed by atoms with Crippen LogP contribution in [0.3, 0.4) is 0 Å². The fourth-order valence-corrected chi connectivity index (χ4v) is 3.81. The third-order valence-corrected chi connectivity index (χ3v) is 5.42. The van der Waals surface area contributed by atoms with Crippen molar-refractivity contribution in [3.8, 4) is 0 Å². The van der Waals surface area contributed by atoms with E-state index in [1.807, 2.05) is 11.0 Å². The number of anilines is 2. The Balaban J connectivity index is 1.35. The average molecular weight is 420 g/mol. The smallest absolute Gasteiger partial charge is 0.289 e. The van der Waals surface area contributed by atoms with Crippen LogP contribution in [0.2, 0.25) is 0 Å². The molecule has 8 heteroatoms. The quantitative estimate of drug-likeness (QED) is 0.761. The molecule has 7 nitrogen and oxygen atoms in total. The van der Waals surface area contributed by atoms with Gasteiger partial charge < -0.3 is 19.1 Å². The normalized spacial score (nSPS) is 18.3. The van der Waals surface area contributed by atoms with Crippen LogP contribution in [0, 0.1) is 0 Å². The summed E-state index contributed by atoms with van der Waals surface area (Å²) >= 11 is 3.23. The molecule has 2 fully saturated rings. The highest BCUT2D eigenvalue weighted by Crippen LogP contribution is 2.21. The van der Waals surface area contributed by atoms with Crippen LogP contribution in [0.1, 0.15) is 29.8 Å². The van der Waals surface area contributed by atoms with Crippen LogP contribution in [0.4, 0.5) is 11.6 Å². The van der Waals surface area contributed by atoms with Gasteiger partial charge in [0.25, 0.3) is 5.91 Å². The molecule has 2 aliphatic heterocycles. The highest BCUT2D eigenvalue weighted by atomic mass is 79.9. The number of amides is 1. The molecule has 0 spiro atoms. The van der Waals surface area contributed by atoms with Gasteiger partial charge in [-0.2, -0.15) is 0 Å². The molecule has 2 aliphatic rings. The molecule has 1 amide bonds. The van der Waals surface area contributed by atoms with Gasteiger partial charge in [0.1, 0.15) is 0 Å². The SMILES string of the molecule is O=C(c1ccc(Br)o1)N1CCN(c2ccc(N3CCCCC3)nn2)CC1. The zero-order valence-corrected chi connectivity index (χ0v) is 16.2. The molecule has 4 heterocycles. The summed E-state index contributed by atoms with van der Waals surface area (Å²) in [5, 5.41) is 8.83. The molecule has 4 rings (SSSR count). The fraction of sp³-hybridized carbons (Fsp3) is 0.500. The number of furan rings is 1. The second-order valence-corrected chi connectivity index (χ2v) is 7.46. The second kappa shape index (κ2) is 7.65. The van der Waals surface area contributed by atoms with E-state index in [4.69, 9.17) is 4.42 Å². The van der Waals surface area contributed by atoms with Crippen LogP contribution < -0.4 is 9.80 Å². The van der Waals surface area contributed by atoms with Gasteiger partial charge >= 0.3 is 0 Å². The molecule has 0 aliphatic carbocycles. The highest BCUT2D eigenvalue weighted by Gasteiger charge is 2.25. The third kappa shape index (κ3) is 3.70. The first-order chi connectivity index (χ1) is 12.7. The molecule has 2 aromatic rings. The van der Waals surface area contributed by atoms with Crippen LogP contribution in [0.25, 0.3) is 0 Å². The molecule has 2 aromatic heterocycles. The van der Waals surface area contributed by atoms with E-state index in [1.165, 1.54) is 19.3 Å². The van der Waals surface area contributed by atoms with E-state index < -0.39 is 0 Å². The number of halogens is 1. The number of hydrogen-bond donors (Lipinski definition) is 0. The molecule has 0 unspecified atom stereocenters. The Morgan fingerprint density at radius 3 is 2.00 bits per heavy atom. The van der Waals surface area contributed by atoms with Crippen molar-refractivity contribution in [3.63, 3.8) is 0 Å². The van der Waals surface area contributed by atoms with Crippen LogP contribution in [0.15, 0.2) is 33.4 Å². The summed E-state index contributed by atoms with van der Waals surface area (Å²) in [5.74, 6) is 2.14. The van der Waals surface area contributed by atoms with Gasteiger partial charge in [-0.1, -0.05) is 0 Å². The number of nitrogens with zero attached hydrogens (tertiary/aromatic N) is 5. The van der Waals surface area contributed by atoms with Gasteiger partial charge in [-0.15, -0.1) is 10.2 Å². The van der Waals surface area contributed by atoms with Crippen molar-refractivity contribution in [2.75, 3.05) is 49.1 Å². The molecule has 0 saturated carbocycles. The number of hydrogen-bond acceptors (Lipinski definition) is 6. The molecule has 138 valence electrons. The number of carbonyl (C=O) groups is 1. The Morgan fingerprint density at radius 1 is 0.846 bits per heavy atom. The molecule has 0 aromatic carbocycles. The molecular formula is C18H22BrN5O2. The van der Waals surface area contributed by atoms with E-state index in [9.17, 15) is 4.79 Å². The highest BCUT2D eigenvalue weighted by molar-refractivity contribution is 9.10. The van der Waals surface area contributed by atoms with Gasteiger partial charge in [-0.25, -0.2) is 0 Å². The first-order valence-electron chi connectivity index (χ1n) is 9.09. The maximum absolute atomic E-state index is 12.4. The van der Waals surface area contributed by atoms with E-state index in [2.05, 4.69) is 42.0 Å². The zero-order chi connectivity index (χ0) is 17.9. The topological polar surface area (TPSA) is 65.7 Å². The van der Waals surface area contributed by atoms with Gasteiger partial charge in [0.15, 0.2) is 22.1 Å². The minimum Gasteiger partial charge on any atom is -0.444 e. The predicted molar refractivity (Wildman–Crippen MR) is 103 cm³/mol. The summed E-state index contributed by atoms with van der Waals surface area (Å²) in [7, 11) is 0. The molecule has 0 bridgehead atoms. The molecule has 2 saturated heterocycles. The molecule has 0 radical (unpaired) electrons. The monoisotopic (exact) mass is 419 g/mol. The Bertz CT molecular complexity index is 749. The maximum atomic E-state index is 12.4. The van der Waals surface area contributed by atoms with E-state index in [0.29, 0.717) is 23.5 Å². The Hall–Kier alpha value is -2.09. The van der Waals surface area contributed by atoms with Crippen LogP contribution in [-0.4, -0.2) is 60.3 Å². The minimum atomic E-state index is -0.0677. The summed E-state index contributed by atoms with van der Waals surface area (Å²) in [5.41, 5.74) is 0. The van der Waals surface area contributed by atoms with Gasteiger partial charge in [0, 0.05) is 39.3 Å². The summed E-state index contributed by atoms with van der Waals surface area (Å²) in [6, 6.07) is 7.54. The predicted octanol–water partition coefficient (Wildman–Crippen LogP) is 2.78. The third-order valence-electron chi connectivity index (χ3n) is 4.99. The number of piperidine rings is 1. The number of carbonyl (C=O) groups excluding carboxylic acids is 1. The van der Waals surface area contributed by atoms with E-state index in [-0.39, 0.29) is 5.91 Å². The fourth-order valence-electron chi connectivity index (χ4n) is 3.50. The lowest BCUT2D eigenvalue weighted by Gasteiger charge is -2.35. The summed E-state index contributed by atoms with van der Waals surface area (Å²) in [4.78, 5) is 18.7. The van der Waals surface area contributed by atoms with Crippen molar-refractivity contribution < 1.29 is 9.21 Å². The zero-order valence-electron chi connectivity index (χ0n) is 14.6. The molecule has 26 heavy (non-hydrogen) atoms. The van der Waals surface area contributed by atoms with Crippen molar-refractivity contribution in [1.82, 2.24) is 15.1 Å². The number of piperazine rings is 1. The largest absolute Gasteiger partial charge is 0.444 e. The minimum absolute atomic E-state index is 0.0677. The van der Waals surface area contributed by atoms with Gasteiger partial charge in [-0.3, -0.25) is 4.79 Å². The molecular weight excluding hydrogens is 398 g/mol. The van der Waals surface area contributed by atoms with Gasteiger partial charge in [-0.05, 0) is 59.5 Å². The summed E-state index contributed by atoms with van der Waals surface area (Å²) in [6.45, 7) is 4.91. The lowest BCUT2D eigenvalue weighted by atomic mass is 10.1. The van der Waals surface area contributed by atoms with Gasteiger partial charge in [0.2, 0.25) is 0 Å². The van der Waals surface area contributed by atoms with E-state index >= 15 is 0 Å². The first-order valence-corrected chi connectivity index (χ1v) is 9.88. The van der Waals surface area contributed by atoms with Crippen molar-refractivity contribution in [2.24, 2.45) is 0 Å². The van der Waals surface area contributed by atoms with Crippen molar-refractivity contribution in [2.45, 2.75) is 19.3 Å². The number of aromatic nitrogens is 2. The van der Waals surface area contributed by atoms with Crippen molar-refractivity contribution >= 4 is 33.5 Å². The lowest BCUT2D eigenvalue weighted by molar-refractivity contribution is 0.0713. The lowest BCUT2D eigenvalue weighted by Crippen LogP contribution is -2.49.